The van der Waals surface area contributed by atoms with Crippen molar-refractivity contribution in [3.05, 3.63) is 34.9 Å². The van der Waals surface area contributed by atoms with Crippen LogP contribution in [0, 0.1) is 0 Å². The van der Waals surface area contributed by atoms with Crippen LogP contribution in [0.15, 0.2) is 29.4 Å². The number of ether oxygens (including phenoxy) is 1. The molecule has 1 aliphatic heterocycles. The van der Waals surface area contributed by atoms with Gasteiger partial charge in [-0.2, -0.15) is 10.1 Å². The molecular formula is C12H13ClN2O3. The Morgan fingerprint density at radius 3 is 2.67 bits per heavy atom. The van der Waals surface area contributed by atoms with Crippen molar-refractivity contribution in [2.45, 2.75) is 19.1 Å². The third-order valence-corrected chi connectivity index (χ3v) is 3.03. The molecule has 0 saturated heterocycles. The maximum absolute atomic E-state index is 11.6. The minimum atomic E-state index is -1.51. The first kappa shape index (κ1) is 12.9. The summed E-state index contributed by atoms with van der Waals surface area (Å²) in [5, 5.41) is 16.2. The molecule has 0 aromatic heterocycles. The van der Waals surface area contributed by atoms with Gasteiger partial charge in [0.05, 0.1) is 7.11 Å². The Morgan fingerprint density at radius 1 is 1.50 bits per heavy atom. The van der Waals surface area contributed by atoms with Crippen LogP contribution in [-0.4, -0.2) is 29.0 Å². The number of rotatable bonds is 1. The van der Waals surface area contributed by atoms with Gasteiger partial charge in [0.25, 0.3) is 0 Å². The van der Waals surface area contributed by atoms with E-state index in [0.29, 0.717) is 16.3 Å². The van der Waals surface area contributed by atoms with Crippen LogP contribution in [0.2, 0.25) is 5.02 Å². The Labute approximate surface area is 110 Å². The number of aliphatic hydroxyl groups is 1. The zero-order valence-electron chi connectivity index (χ0n) is 10.1. The van der Waals surface area contributed by atoms with Gasteiger partial charge in [0.15, 0.2) is 5.72 Å². The molecule has 18 heavy (non-hydrogen) atoms. The van der Waals surface area contributed by atoms with Crippen molar-refractivity contribution in [2.75, 3.05) is 7.11 Å². The van der Waals surface area contributed by atoms with Gasteiger partial charge in [-0.3, -0.25) is 0 Å². The largest absolute Gasteiger partial charge is 0.451 e. The van der Waals surface area contributed by atoms with E-state index < -0.39 is 11.8 Å². The topological polar surface area (TPSA) is 62.1 Å². The van der Waals surface area contributed by atoms with E-state index in [0.717, 1.165) is 5.01 Å². The van der Waals surface area contributed by atoms with Gasteiger partial charge >= 0.3 is 6.09 Å². The smallest absolute Gasteiger partial charge is 0.433 e. The number of carbonyl (C=O) groups is 1. The summed E-state index contributed by atoms with van der Waals surface area (Å²) in [6.45, 7) is 1.74. The second-order valence-corrected chi connectivity index (χ2v) is 4.55. The molecule has 96 valence electrons. The normalized spacial score (nSPS) is 22.9. The minimum absolute atomic E-state index is 0.240. The van der Waals surface area contributed by atoms with E-state index in [1.807, 2.05) is 0 Å². The van der Waals surface area contributed by atoms with E-state index in [2.05, 4.69) is 9.84 Å². The molecule has 1 aromatic rings. The molecule has 0 spiro atoms. The summed E-state index contributed by atoms with van der Waals surface area (Å²) in [6, 6.07) is 6.62. The van der Waals surface area contributed by atoms with Crippen LogP contribution in [0.1, 0.15) is 18.9 Å². The Kier molecular flexibility index (Phi) is 3.28. The molecule has 0 fully saturated rings. The van der Waals surface area contributed by atoms with Crippen LogP contribution in [0.25, 0.3) is 0 Å². The van der Waals surface area contributed by atoms with Gasteiger partial charge in [-0.25, -0.2) is 4.79 Å². The molecule has 2 rings (SSSR count). The Morgan fingerprint density at radius 2 is 2.11 bits per heavy atom. The van der Waals surface area contributed by atoms with E-state index in [9.17, 15) is 9.90 Å². The van der Waals surface area contributed by atoms with Crippen LogP contribution in [0.3, 0.4) is 0 Å². The monoisotopic (exact) mass is 268 g/mol. The van der Waals surface area contributed by atoms with E-state index >= 15 is 0 Å². The SMILES string of the molecule is COC(=O)N1N=C(C)CC1(O)c1ccc(Cl)cc1. The number of benzene rings is 1. The predicted octanol–water partition coefficient (Wildman–Crippen LogP) is 2.33. The molecule has 1 aliphatic rings. The first-order valence-electron chi connectivity index (χ1n) is 5.38. The van der Waals surface area contributed by atoms with Crippen molar-refractivity contribution in [2.24, 2.45) is 5.10 Å². The molecule has 1 atom stereocenters. The van der Waals surface area contributed by atoms with Crippen molar-refractivity contribution >= 4 is 23.4 Å². The molecule has 1 heterocycles. The van der Waals surface area contributed by atoms with Gasteiger partial charge in [0.2, 0.25) is 0 Å². The summed E-state index contributed by atoms with van der Waals surface area (Å²) in [4.78, 5) is 11.6. The second kappa shape index (κ2) is 4.59. The van der Waals surface area contributed by atoms with Crippen LogP contribution >= 0.6 is 11.6 Å². The molecule has 1 amide bonds. The van der Waals surface area contributed by atoms with Crippen LogP contribution < -0.4 is 0 Å². The number of hydrogen-bond acceptors (Lipinski definition) is 4. The van der Waals surface area contributed by atoms with Crippen molar-refractivity contribution in [1.29, 1.82) is 0 Å². The van der Waals surface area contributed by atoms with E-state index in [1.165, 1.54) is 7.11 Å². The number of hydrazone groups is 1. The molecule has 5 nitrogen and oxygen atoms in total. The maximum atomic E-state index is 11.6. The van der Waals surface area contributed by atoms with E-state index in [-0.39, 0.29) is 6.42 Å². The van der Waals surface area contributed by atoms with E-state index in [1.54, 1.807) is 31.2 Å². The number of methoxy groups -OCH3 is 1. The maximum Gasteiger partial charge on any atom is 0.433 e. The Hall–Kier alpha value is -1.59. The van der Waals surface area contributed by atoms with Gasteiger partial charge in [-0.1, -0.05) is 23.7 Å². The summed E-state index contributed by atoms with van der Waals surface area (Å²) in [5.41, 5.74) is -0.322. The van der Waals surface area contributed by atoms with Crippen molar-refractivity contribution in [1.82, 2.24) is 5.01 Å². The van der Waals surface area contributed by atoms with Gasteiger partial charge in [-0.15, -0.1) is 0 Å². The highest BCUT2D eigenvalue weighted by Gasteiger charge is 2.45. The van der Waals surface area contributed by atoms with Crippen LogP contribution in [0.4, 0.5) is 4.79 Å². The van der Waals surface area contributed by atoms with Crippen molar-refractivity contribution < 1.29 is 14.6 Å². The first-order chi connectivity index (χ1) is 8.47. The standard InChI is InChI=1S/C12H13ClN2O3/c1-8-7-12(17,15(14-8)11(16)18-2)9-3-5-10(13)6-4-9/h3-6,17H,7H2,1-2H3. The number of amides is 1. The average Bonchev–Trinajstić information content (AvgIpc) is 2.65. The zero-order chi connectivity index (χ0) is 13.3. The number of nitrogens with zero attached hydrogens (tertiary/aromatic N) is 2. The molecule has 0 aliphatic carbocycles. The van der Waals surface area contributed by atoms with Crippen LogP contribution in [0.5, 0.6) is 0 Å². The summed E-state index contributed by atoms with van der Waals surface area (Å²) in [6.07, 6.45) is -0.465. The lowest BCUT2D eigenvalue weighted by atomic mass is 9.98. The molecular weight excluding hydrogens is 256 g/mol. The highest BCUT2D eigenvalue weighted by molar-refractivity contribution is 6.30. The predicted molar refractivity (Wildman–Crippen MR) is 67.3 cm³/mol. The summed E-state index contributed by atoms with van der Waals surface area (Å²) in [5.74, 6) is 0. The summed E-state index contributed by atoms with van der Waals surface area (Å²) in [7, 11) is 1.24. The number of hydrogen-bond donors (Lipinski definition) is 1. The van der Waals surface area contributed by atoms with Gasteiger partial charge in [0.1, 0.15) is 0 Å². The molecule has 6 heteroatoms. The number of halogens is 1. The van der Waals surface area contributed by atoms with Gasteiger partial charge < -0.3 is 9.84 Å². The van der Waals surface area contributed by atoms with E-state index in [4.69, 9.17) is 11.6 Å². The summed E-state index contributed by atoms with van der Waals surface area (Å²) < 4.78 is 4.62. The quantitative estimate of drug-likeness (QED) is 0.850. The van der Waals surface area contributed by atoms with Gasteiger partial charge in [-0.05, 0) is 19.1 Å². The minimum Gasteiger partial charge on any atom is -0.451 e. The molecule has 1 N–H and O–H groups in total. The third kappa shape index (κ3) is 2.07. The van der Waals surface area contributed by atoms with Gasteiger partial charge in [0, 0.05) is 22.7 Å². The molecule has 0 saturated carbocycles. The molecule has 0 bridgehead atoms. The fourth-order valence-electron chi connectivity index (χ4n) is 1.94. The Balaban J connectivity index is 2.40. The lowest BCUT2D eigenvalue weighted by Crippen LogP contribution is -2.43. The average molecular weight is 269 g/mol. The zero-order valence-corrected chi connectivity index (χ0v) is 10.8. The summed E-state index contributed by atoms with van der Waals surface area (Å²) >= 11 is 5.80. The molecule has 1 unspecified atom stereocenters. The molecule has 0 radical (unpaired) electrons. The Bertz CT molecular complexity index is 501. The highest BCUT2D eigenvalue weighted by atomic mass is 35.5. The second-order valence-electron chi connectivity index (χ2n) is 4.12. The van der Waals surface area contributed by atoms with Crippen molar-refractivity contribution in [3.63, 3.8) is 0 Å². The third-order valence-electron chi connectivity index (χ3n) is 2.78. The number of carbonyl (C=O) groups excluding carboxylic acids is 1. The highest BCUT2D eigenvalue weighted by Crippen LogP contribution is 2.35. The fraction of sp³-hybridized carbons (Fsp3) is 0.333. The first-order valence-corrected chi connectivity index (χ1v) is 5.76. The fourth-order valence-corrected chi connectivity index (χ4v) is 2.07. The lowest BCUT2D eigenvalue weighted by molar-refractivity contribution is -0.0834. The lowest BCUT2D eigenvalue weighted by Gasteiger charge is -2.30. The molecule has 1 aromatic carbocycles. The van der Waals surface area contributed by atoms with Crippen molar-refractivity contribution in [3.8, 4) is 0 Å². The van der Waals surface area contributed by atoms with Crippen LogP contribution in [-0.2, 0) is 10.5 Å².